The van der Waals surface area contributed by atoms with E-state index in [9.17, 15) is 0 Å². The van der Waals surface area contributed by atoms with Gasteiger partial charge in [-0.25, -0.2) is 4.98 Å². The smallest absolute Gasteiger partial charge is 0.225 e. The van der Waals surface area contributed by atoms with Crippen LogP contribution in [0.2, 0.25) is 0 Å². The third-order valence-electron chi connectivity index (χ3n) is 12.7. The minimum absolute atomic E-state index is 0.0108. The molecule has 10 rings (SSSR count). The Kier molecular flexibility index (Phi) is 9.82. The van der Waals surface area contributed by atoms with Crippen molar-refractivity contribution in [2.45, 2.75) is 78.7 Å². The third kappa shape index (κ3) is 7.31. The molecule has 0 atom stereocenters. The highest BCUT2D eigenvalue weighted by Crippen LogP contribution is 2.49. The Balaban J connectivity index is 1.04. The molecule has 0 amide bonds. The van der Waals surface area contributed by atoms with Gasteiger partial charge in [0, 0.05) is 39.7 Å². The fraction of sp³-hybridized carbons (Fsp3) is 0.224. The van der Waals surface area contributed by atoms with Crippen LogP contribution in [0.3, 0.4) is 0 Å². The summed E-state index contributed by atoms with van der Waals surface area (Å²) in [6, 6.07) is 54.0. The number of nitrogens with zero attached hydrogens (tertiary/aromatic N) is 4. The van der Waals surface area contributed by atoms with Crippen molar-refractivity contribution in [2.24, 2.45) is 0 Å². The molecule has 0 saturated heterocycles. The minimum Gasteiger partial charge on any atom is -0.457 e. The zero-order valence-electron chi connectivity index (χ0n) is 38.4. The van der Waals surface area contributed by atoms with Gasteiger partial charge in [-0.05, 0) is 114 Å². The van der Waals surface area contributed by atoms with Crippen LogP contribution >= 0.6 is 0 Å². The number of hydrogen-bond donors (Lipinski definition) is 0. The predicted molar refractivity (Wildman–Crippen MR) is 264 cm³/mol. The maximum Gasteiger partial charge on any atom is 0.225 e. The van der Waals surface area contributed by atoms with Gasteiger partial charge >= 0.3 is 0 Å². The van der Waals surface area contributed by atoms with Crippen LogP contribution < -0.4 is 4.74 Å². The fourth-order valence-corrected chi connectivity index (χ4v) is 9.18. The number of hydrogen-bond acceptors (Lipinski definition) is 5. The molecular formula is C58H56N4O2. The summed E-state index contributed by atoms with van der Waals surface area (Å²) in [4.78, 5) is 9.73. The summed E-state index contributed by atoms with van der Waals surface area (Å²) in [5, 5.41) is 2.36. The largest absolute Gasteiger partial charge is 0.457 e. The molecule has 0 N–H and O–H groups in total. The standard InChI is InChI=1S/C58H56N4O2/c1-56(2,3)41-26-29-49-48(33-41)47-28-27-44(35-50(47)62(49)52-34-42(30-31-59-52)57(4,5)6)64-43-23-16-22-40(32-43)51-36-63-55-54(61(37-60(51)55)58(7,8)9)53-45(38-18-12-10-13-19-38)24-17-25-46(53)39-20-14-11-15-21-39/h10-36H,37H2,1-9H3. The summed E-state index contributed by atoms with van der Waals surface area (Å²) in [6.07, 6.45) is 3.83. The quantitative estimate of drug-likeness (QED) is 0.160. The lowest BCUT2D eigenvalue weighted by molar-refractivity contribution is 0.188. The van der Waals surface area contributed by atoms with Crippen molar-refractivity contribution in [1.82, 2.24) is 19.4 Å². The number of pyridine rings is 1. The van der Waals surface area contributed by atoms with E-state index in [0.29, 0.717) is 6.67 Å². The average molecular weight is 841 g/mol. The molecule has 4 heterocycles. The molecular weight excluding hydrogens is 785 g/mol. The highest BCUT2D eigenvalue weighted by molar-refractivity contribution is 6.10. The number of rotatable bonds is 7. The lowest BCUT2D eigenvalue weighted by Gasteiger charge is -2.37. The fourth-order valence-electron chi connectivity index (χ4n) is 9.18. The molecule has 6 heteroatoms. The summed E-state index contributed by atoms with van der Waals surface area (Å²) in [5.41, 5.74) is 13.3. The van der Waals surface area contributed by atoms with Gasteiger partial charge in [0.05, 0.1) is 23.4 Å². The van der Waals surface area contributed by atoms with Gasteiger partial charge in [0.25, 0.3) is 0 Å². The molecule has 0 bridgehead atoms. The van der Waals surface area contributed by atoms with Crippen LogP contribution in [-0.2, 0) is 15.6 Å². The van der Waals surface area contributed by atoms with E-state index >= 15 is 0 Å². The Morgan fingerprint density at radius 1 is 0.547 bits per heavy atom. The third-order valence-corrected chi connectivity index (χ3v) is 12.7. The van der Waals surface area contributed by atoms with Crippen molar-refractivity contribution in [1.29, 1.82) is 0 Å². The second-order valence-electron chi connectivity index (χ2n) is 20.2. The first-order valence-electron chi connectivity index (χ1n) is 22.4. The lowest BCUT2D eigenvalue weighted by atomic mass is 9.86. The zero-order valence-corrected chi connectivity index (χ0v) is 38.4. The molecule has 2 aliphatic heterocycles. The second-order valence-corrected chi connectivity index (χ2v) is 20.2. The molecule has 6 nitrogen and oxygen atoms in total. The van der Waals surface area contributed by atoms with E-state index in [1.54, 1.807) is 0 Å². The SMILES string of the molecule is CC(C)(C)c1ccnc(-n2c3ccc(C(C)(C)C)cc3c3ccc(Oc4cccc(C5=COC6=C(c7c(-c8ccccc8)cccc7-c7ccccc7)N(C(C)(C)C)CN56)c4)cc32)c1. The minimum atomic E-state index is -0.219. The van der Waals surface area contributed by atoms with Gasteiger partial charge in [0.2, 0.25) is 5.88 Å². The molecule has 0 unspecified atom stereocenters. The Bertz CT molecular complexity index is 3080. The summed E-state index contributed by atoms with van der Waals surface area (Å²) >= 11 is 0. The van der Waals surface area contributed by atoms with Gasteiger partial charge in [-0.3, -0.25) is 9.47 Å². The highest BCUT2D eigenvalue weighted by atomic mass is 16.5. The molecule has 2 aromatic heterocycles. The second kappa shape index (κ2) is 15.3. The van der Waals surface area contributed by atoms with Crippen molar-refractivity contribution >= 4 is 33.2 Å². The van der Waals surface area contributed by atoms with Crippen LogP contribution in [0.15, 0.2) is 170 Å². The maximum absolute atomic E-state index is 6.79. The molecule has 0 aliphatic carbocycles. The molecule has 0 fully saturated rings. The molecule has 0 spiro atoms. The number of ether oxygens (including phenoxy) is 2. The Morgan fingerprint density at radius 3 is 1.83 bits per heavy atom. The lowest BCUT2D eigenvalue weighted by Crippen LogP contribution is -2.40. The highest BCUT2D eigenvalue weighted by Gasteiger charge is 2.43. The number of aromatic nitrogens is 2. The van der Waals surface area contributed by atoms with E-state index in [1.807, 2.05) is 18.5 Å². The van der Waals surface area contributed by atoms with E-state index in [1.165, 1.54) is 16.5 Å². The first-order valence-corrected chi connectivity index (χ1v) is 22.4. The molecule has 64 heavy (non-hydrogen) atoms. The van der Waals surface area contributed by atoms with Crippen molar-refractivity contribution in [3.8, 4) is 39.6 Å². The zero-order chi connectivity index (χ0) is 44.5. The van der Waals surface area contributed by atoms with Crippen molar-refractivity contribution in [3.05, 3.63) is 192 Å². The van der Waals surface area contributed by atoms with E-state index < -0.39 is 0 Å². The van der Waals surface area contributed by atoms with Crippen molar-refractivity contribution in [2.75, 3.05) is 6.67 Å². The van der Waals surface area contributed by atoms with Gasteiger partial charge in [-0.1, -0.05) is 139 Å². The normalized spacial score (nSPS) is 14.4. The van der Waals surface area contributed by atoms with E-state index in [2.05, 4.69) is 222 Å². The van der Waals surface area contributed by atoms with Crippen LogP contribution in [0, 0.1) is 0 Å². The summed E-state index contributed by atoms with van der Waals surface area (Å²) in [7, 11) is 0. The van der Waals surface area contributed by atoms with Crippen molar-refractivity contribution < 1.29 is 9.47 Å². The van der Waals surface area contributed by atoms with Crippen LogP contribution in [0.1, 0.15) is 84.6 Å². The van der Waals surface area contributed by atoms with Gasteiger partial charge in [-0.2, -0.15) is 0 Å². The van der Waals surface area contributed by atoms with Gasteiger partial charge in [0.15, 0.2) is 0 Å². The van der Waals surface area contributed by atoms with E-state index in [-0.39, 0.29) is 16.4 Å². The first kappa shape index (κ1) is 41.0. The first-order chi connectivity index (χ1) is 30.6. The summed E-state index contributed by atoms with van der Waals surface area (Å²) in [5.74, 6) is 3.22. The maximum atomic E-state index is 6.79. The molecule has 0 saturated carbocycles. The van der Waals surface area contributed by atoms with E-state index in [0.717, 1.165) is 84.4 Å². The monoisotopic (exact) mass is 840 g/mol. The van der Waals surface area contributed by atoms with Crippen molar-refractivity contribution in [3.63, 3.8) is 0 Å². The molecule has 6 aromatic carbocycles. The molecule has 0 radical (unpaired) electrons. The molecule has 320 valence electrons. The summed E-state index contributed by atoms with van der Waals surface area (Å²) in [6.45, 7) is 21.0. The van der Waals surface area contributed by atoms with Crippen LogP contribution in [0.4, 0.5) is 0 Å². The molecule has 8 aromatic rings. The number of fused-ring (bicyclic) bond motifs is 4. The predicted octanol–water partition coefficient (Wildman–Crippen LogP) is 14.9. The Morgan fingerprint density at radius 2 is 1.17 bits per heavy atom. The van der Waals surface area contributed by atoms with Gasteiger partial charge in [-0.15, -0.1) is 0 Å². The van der Waals surface area contributed by atoms with Gasteiger partial charge < -0.3 is 14.4 Å². The van der Waals surface area contributed by atoms with Crippen LogP contribution in [-0.4, -0.2) is 31.6 Å². The van der Waals surface area contributed by atoms with Crippen LogP contribution in [0.25, 0.3) is 61.3 Å². The summed E-state index contributed by atoms with van der Waals surface area (Å²) < 4.78 is 15.8. The topological polar surface area (TPSA) is 42.8 Å². The van der Waals surface area contributed by atoms with Gasteiger partial charge in [0.1, 0.15) is 29.3 Å². The van der Waals surface area contributed by atoms with Crippen LogP contribution in [0.5, 0.6) is 11.5 Å². The Hall–Kier alpha value is -7.05. The number of benzene rings is 6. The Labute approximate surface area is 377 Å². The molecule has 2 aliphatic rings. The average Bonchev–Trinajstić information content (AvgIpc) is 3.97. The van der Waals surface area contributed by atoms with E-state index in [4.69, 9.17) is 14.5 Å².